The summed E-state index contributed by atoms with van der Waals surface area (Å²) in [5.74, 6) is 1.80. The number of likely N-dealkylation sites (tertiary alicyclic amines) is 1. The average molecular weight is 313 g/mol. The second-order valence-corrected chi connectivity index (χ2v) is 5.20. The third-order valence-corrected chi connectivity index (χ3v) is 3.85. The summed E-state index contributed by atoms with van der Waals surface area (Å²) < 4.78 is 16.0. The number of benzene rings is 1. The number of allylic oxidation sites excluding steroid dienone is 1. The quantitative estimate of drug-likeness (QED) is 0.776. The first kappa shape index (κ1) is 16.7. The van der Waals surface area contributed by atoms with Gasteiger partial charge in [-0.25, -0.2) is 0 Å². The van der Waals surface area contributed by atoms with Gasteiger partial charge in [0.15, 0.2) is 11.5 Å². The minimum absolute atomic E-state index is 0.234. The molecule has 0 atom stereocenters. The lowest BCUT2D eigenvalue weighted by molar-refractivity contribution is 0.316. The highest BCUT2D eigenvalue weighted by molar-refractivity contribution is 5.54. The molecule has 1 aliphatic heterocycles. The predicted molar refractivity (Wildman–Crippen MR) is 84.2 cm³/mol. The van der Waals surface area contributed by atoms with E-state index in [-0.39, 0.29) is 5.57 Å². The normalized spacial score (nSPS) is 14.0. The molecule has 1 aliphatic rings. The van der Waals surface area contributed by atoms with Crippen LogP contribution in [-0.4, -0.2) is 39.3 Å². The number of nitriles is 2. The summed E-state index contributed by atoms with van der Waals surface area (Å²) in [7, 11) is 4.75. The van der Waals surface area contributed by atoms with Crippen LogP contribution in [0.1, 0.15) is 12.0 Å². The smallest absolute Gasteiger partial charge is 0.203 e. The first-order chi connectivity index (χ1) is 11.2. The van der Waals surface area contributed by atoms with Crippen molar-refractivity contribution in [3.05, 3.63) is 28.8 Å². The number of methoxy groups -OCH3 is 3. The van der Waals surface area contributed by atoms with E-state index in [2.05, 4.69) is 4.90 Å². The Bertz CT molecular complexity index is 657. The first-order valence-corrected chi connectivity index (χ1v) is 7.20. The van der Waals surface area contributed by atoms with Crippen molar-refractivity contribution in [1.82, 2.24) is 4.90 Å². The molecule has 6 heteroatoms. The van der Waals surface area contributed by atoms with Gasteiger partial charge in [0.25, 0.3) is 0 Å². The molecular weight excluding hydrogens is 294 g/mol. The monoisotopic (exact) mass is 313 g/mol. The highest BCUT2D eigenvalue weighted by Gasteiger charge is 2.21. The van der Waals surface area contributed by atoms with E-state index in [1.807, 2.05) is 24.3 Å². The van der Waals surface area contributed by atoms with Gasteiger partial charge in [-0.1, -0.05) is 0 Å². The van der Waals surface area contributed by atoms with Crippen LogP contribution in [0.2, 0.25) is 0 Å². The predicted octanol–water partition coefficient (Wildman–Crippen LogP) is 2.26. The van der Waals surface area contributed by atoms with Crippen molar-refractivity contribution in [2.24, 2.45) is 0 Å². The Kier molecular flexibility index (Phi) is 5.46. The van der Waals surface area contributed by atoms with Crippen LogP contribution in [0.3, 0.4) is 0 Å². The molecule has 0 bridgehead atoms. The van der Waals surface area contributed by atoms with Crippen LogP contribution in [0.5, 0.6) is 17.2 Å². The molecule has 23 heavy (non-hydrogen) atoms. The zero-order valence-electron chi connectivity index (χ0n) is 13.5. The van der Waals surface area contributed by atoms with E-state index < -0.39 is 0 Å². The summed E-state index contributed by atoms with van der Waals surface area (Å²) in [6.45, 7) is 2.14. The number of ether oxygens (including phenoxy) is 3. The minimum Gasteiger partial charge on any atom is -0.493 e. The van der Waals surface area contributed by atoms with Crippen molar-refractivity contribution in [2.75, 3.05) is 34.4 Å². The van der Waals surface area contributed by atoms with E-state index in [0.29, 0.717) is 30.3 Å². The van der Waals surface area contributed by atoms with Crippen molar-refractivity contribution in [3.63, 3.8) is 0 Å². The van der Waals surface area contributed by atoms with Crippen LogP contribution < -0.4 is 14.2 Å². The maximum atomic E-state index is 8.96. The molecule has 120 valence electrons. The standard InChI is InChI=1S/C17H19N3O3/c1-21-15-6-12(7-16(22-2)17(15)23-3)10-20-5-4-13(11-20)14(8-18)9-19/h6-7H,4-5,10-11H2,1-3H3. The largest absolute Gasteiger partial charge is 0.493 e. The van der Waals surface area contributed by atoms with Gasteiger partial charge in [-0.2, -0.15) is 10.5 Å². The fraction of sp³-hybridized carbons (Fsp3) is 0.412. The fourth-order valence-electron chi connectivity index (χ4n) is 2.73. The van der Waals surface area contributed by atoms with E-state index in [1.165, 1.54) is 0 Å². The molecule has 0 aliphatic carbocycles. The zero-order valence-corrected chi connectivity index (χ0v) is 13.5. The molecule has 1 saturated heterocycles. The summed E-state index contributed by atoms with van der Waals surface area (Å²) in [6, 6.07) is 7.76. The number of nitrogens with zero attached hydrogens (tertiary/aromatic N) is 3. The third kappa shape index (κ3) is 3.56. The molecule has 1 aromatic rings. The zero-order chi connectivity index (χ0) is 16.8. The molecule has 0 amide bonds. The van der Waals surface area contributed by atoms with Crippen LogP contribution >= 0.6 is 0 Å². The first-order valence-electron chi connectivity index (χ1n) is 7.20. The maximum absolute atomic E-state index is 8.96. The van der Waals surface area contributed by atoms with Crippen LogP contribution in [0.4, 0.5) is 0 Å². The Morgan fingerprint density at radius 2 is 1.70 bits per heavy atom. The van der Waals surface area contributed by atoms with Crippen molar-refractivity contribution in [2.45, 2.75) is 13.0 Å². The van der Waals surface area contributed by atoms with E-state index in [9.17, 15) is 0 Å². The van der Waals surface area contributed by atoms with Crippen molar-refractivity contribution in [1.29, 1.82) is 10.5 Å². The molecule has 0 unspecified atom stereocenters. The third-order valence-electron chi connectivity index (χ3n) is 3.85. The van der Waals surface area contributed by atoms with Crippen molar-refractivity contribution in [3.8, 4) is 29.4 Å². The molecular formula is C17H19N3O3. The number of hydrogen-bond acceptors (Lipinski definition) is 6. The summed E-state index contributed by atoms with van der Waals surface area (Å²) >= 11 is 0. The highest BCUT2D eigenvalue weighted by atomic mass is 16.5. The van der Waals surface area contributed by atoms with Crippen LogP contribution in [0.25, 0.3) is 0 Å². The minimum atomic E-state index is 0.234. The van der Waals surface area contributed by atoms with Gasteiger partial charge in [-0.05, 0) is 29.7 Å². The molecule has 0 saturated carbocycles. The lowest BCUT2D eigenvalue weighted by atomic mass is 10.1. The average Bonchev–Trinajstić information content (AvgIpc) is 3.03. The van der Waals surface area contributed by atoms with Gasteiger partial charge in [0, 0.05) is 19.6 Å². The molecule has 2 rings (SSSR count). The van der Waals surface area contributed by atoms with Gasteiger partial charge in [0.2, 0.25) is 5.75 Å². The Balaban J connectivity index is 2.21. The maximum Gasteiger partial charge on any atom is 0.203 e. The Hall–Kier alpha value is -2.70. The van der Waals surface area contributed by atoms with E-state index >= 15 is 0 Å². The Morgan fingerprint density at radius 3 is 2.17 bits per heavy atom. The van der Waals surface area contributed by atoms with Gasteiger partial charge in [0.1, 0.15) is 17.7 Å². The summed E-state index contributed by atoms with van der Waals surface area (Å²) in [5.41, 5.74) is 2.16. The van der Waals surface area contributed by atoms with Crippen LogP contribution in [-0.2, 0) is 6.54 Å². The van der Waals surface area contributed by atoms with E-state index in [0.717, 1.165) is 24.1 Å². The summed E-state index contributed by atoms with van der Waals surface area (Å²) in [6.07, 6.45) is 0.751. The van der Waals surface area contributed by atoms with Crippen molar-refractivity contribution >= 4 is 0 Å². The lowest BCUT2D eigenvalue weighted by Gasteiger charge is -2.18. The van der Waals surface area contributed by atoms with E-state index in [4.69, 9.17) is 24.7 Å². The Morgan fingerprint density at radius 1 is 1.09 bits per heavy atom. The molecule has 1 aromatic carbocycles. The van der Waals surface area contributed by atoms with Crippen LogP contribution in [0.15, 0.2) is 23.3 Å². The molecule has 0 N–H and O–H groups in total. The topological polar surface area (TPSA) is 78.5 Å². The van der Waals surface area contributed by atoms with Crippen molar-refractivity contribution < 1.29 is 14.2 Å². The molecule has 1 heterocycles. The van der Waals surface area contributed by atoms with Crippen LogP contribution in [0, 0.1) is 22.7 Å². The lowest BCUT2D eigenvalue weighted by Crippen LogP contribution is -2.19. The number of rotatable bonds is 5. The van der Waals surface area contributed by atoms with E-state index in [1.54, 1.807) is 21.3 Å². The molecule has 0 spiro atoms. The molecule has 0 radical (unpaired) electrons. The fourth-order valence-corrected chi connectivity index (χ4v) is 2.73. The Labute approximate surface area is 136 Å². The van der Waals surface area contributed by atoms with Gasteiger partial charge in [-0.3, -0.25) is 4.90 Å². The van der Waals surface area contributed by atoms with Gasteiger partial charge in [-0.15, -0.1) is 0 Å². The summed E-state index contributed by atoms with van der Waals surface area (Å²) in [5, 5.41) is 17.9. The van der Waals surface area contributed by atoms with Gasteiger partial charge >= 0.3 is 0 Å². The molecule has 0 aromatic heterocycles. The SMILES string of the molecule is COc1cc(CN2CCC(=C(C#N)C#N)C2)cc(OC)c1OC. The molecule has 6 nitrogen and oxygen atoms in total. The van der Waals surface area contributed by atoms with Gasteiger partial charge in [0.05, 0.1) is 21.3 Å². The second kappa shape index (κ2) is 7.53. The molecule has 1 fully saturated rings. The summed E-state index contributed by atoms with van der Waals surface area (Å²) in [4.78, 5) is 2.19. The number of hydrogen-bond donors (Lipinski definition) is 0. The second-order valence-electron chi connectivity index (χ2n) is 5.20. The van der Waals surface area contributed by atoms with Gasteiger partial charge < -0.3 is 14.2 Å². The highest BCUT2D eigenvalue weighted by Crippen LogP contribution is 2.38.